The van der Waals surface area contributed by atoms with Gasteiger partial charge >= 0.3 is 5.97 Å². The monoisotopic (exact) mass is 297 g/mol. The summed E-state index contributed by atoms with van der Waals surface area (Å²) in [6.45, 7) is 4.45. The van der Waals surface area contributed by atoms with Crippen LogP contribution < -0.4 is 10.5 Å². The van der Waals surface area contributed by atoms with Crippen molar-refractivity contribution >= 4 is 5.97 Å². The van der Waals surface area contributed by atoms with Crippen LogP contribution in [0.15, 0.2) is 18.2 Å². The fraction of sp³-hybridized carbons (Fsp3) is 0.562. The van der Waals surface area contributed by atoms with Gasteiger partial charge in [-0.2, -0.15) is 0 Å². The van der Waals surface area contributed by atoms with Gasteiger partial charge in [-0.05, 0) is 39.2 Å². The molecule has 0 fully saturated rings. The highest BCUT2D eigenvalue weighted by molar-refractivity contribution is 5.69. The molecule has 0 aliphatic heterocycles. The number of ether oxygens (including phenoxy) is 2. The van der Waals surface area contributed by atoms with E-state index in [1.165, 1.54) is 6.07 Å². The normalized spacial score (nSPS) is 12.0. The maximum absolute atomic E-state index is 13.7. The molecule has 1 rings (SSSR count). The van der Waals surface area contributed by atoms with Gasteiger partial charge in [0.25, 0.3) is 0 Å². The lowest BCUT2D eigenvalue weighted by atomic mass is 10.1. The zero-order chi connectivity index (χ0) is 15.7. The molecule has 0 aromatic heterocycles. The van der Waals surface area contributed by atoms with Crippen LogP contribution in [0.1, 0.15) is 51.1 Å². The van der Waals surface area contributed by atoms with Gasteiger partial charge in [0.2, 0.25) is 0 Å². The van der Waals surface area contributed by atoms with Crippen molar-refractivity contribution in [2.75, 3.05) is 13.2 Å². The van der Waals surface area contributed by atoms with Crippen LogP contribution in [0, 0.1) is 5.82 Å². The zero-order valence-corrected chi connectivity index (χ0v) is 12.7. The van der Waals surface area contributed by atoms with Gasteiger partial charge in [-0.25, -0.2) is 4.39 Å². The van der Waals surface area contributed by atoms with Crippen molar-refractivity contribution in [2.24, 2.45) is 5.73 Å². The molecule has 118 valence electrons. The second-order valence-electron chi connectivity index (χ2n) is 4.94. The van der Waals surface area contributed by atoms with E-state index in [1.807, 2.05) is 0 Å². The number of carbonyl (C=O) groups is 1. The number of rotatable bonds is 9. The standard InChI is InChI=1S/C16H24FNO3/c1-3-20-16(19)7-5-4-6-10-21-13-8-9-14(12(2)18)15(17)11-13/h8-9,11-12H,3-7,10,18H2,1-2H3/t12-/m0/s1. The van der Waals surface area contributed by atoms with E-state index >= 15 is 0 Å². The highest BCUT2D eigenvalue weighted by atomic mass is 19.1. The van der Waals surface area contributed by atoms with Crippen LogP contribution in [0.25, 0.3) is 0 Å². The predicted octanol–water partition coefficient (Wildman–Crippen LogP) is 3.35. The summed E-state index contributed by atoms with van der Waals surface area (Å²) in [4.78, 5) is 11.1. The molecule has 1 aromatic carbocycles. The molecule has 1 aromatic rings. The van der Waals surface area contributed by atoms with E-state index in [0.717, 1.165) is 19.3 Å². The molecule has 0 aliphatic rings. The first-order valence-corrected chi connectivity index (χ1v) is 7.38. The van der Waals surface area contributed by atoms with Gasteiger partial charge in [-0.15, -0.1) is 0 Å². The van der Waals surface area contributed by atoms with Crippen LogP contribution >= 0.6 is 0 Å². The van der Waals surface area contributed by atoms with Crippen molar-refractivity contribution < 1.29 is 18.7 Å². The number of carbonyl (C=O) groups excluding carboxylic acids is 1. The Morgan fingerprint density at radius 3 is 2.71 bits per heavy atom. The Labute approximate surface area is 125 Å². The van der Waals surface area contributed by atoms with Crippen LogP contribution in [0.4, 0.5) is 4.39 Å². The highest BCUT2D eigenvalue weighted by Crippen LogP contribution is 2.20. The molecule has 2 N–H and O–H groups in total. The average Bonchev–Trinajstić information content (AvgIpc) is 2.42. The van der Waals surface area contributed by atoms with E-state index in [-0.39, 0.29) is 17.8 Å². The Morgan fingerprint density at radius 1 is 1.33 bits per heavy atom. The van der Waals surface area contributed by atoms with Gasteiger partial charge in [0.05, 0.1) is 13.2 Å². The number of hydrogen-bond donors (Lipinski definition) is 1. The summed E-state index contributed by atoms with van der Waals surface area (Å²) in [5.41, 5.74) is 6.13. The topological polar surface area (TPSA) is 61.5 Å². The molecule has 0 saturated carbocycles. The van der Waals surface area contributed by atoms with Crippen molar-refractivity contribution in [1.29, 1.82) is 0 Å². The first-order chi connectivity index (χ1) is 10.0. The lowest BCUT2D eigenvalue weighted by Gasteiger charge is -2.10. The van der Waals surface area contributed by atoms with Crippen molar-refractivity contribution in [3.8, 4) is 5.75 Å². The lowest BCUT2D eigenvalue weighted by Crippen LogP contribution is -2.07. The molecule has 0 saturated heterocycles. The SMILES string of the molecule is CCOC(=O)CCCCCOc1ccc([C@H](C)N)c(F)c1. The lowest BCUT2D eigenvalue weighted by molar-refractivity contribution is -0.143. The molecule has 4 nitrogen and oxygen atoms in total. The van der Waals surface area contributed by atoms with Gasteiger partial charge < -0.3 is 15.2 Å². The van der Waals surface area contributed by atoms with Gasteiger partial charge in [-0.3, -0.25) is 4.79 Å². The van der Waals surface area contributed by atoms with Crippen LogP contribution in [0.2, 0.25) is 0 Å². The molecule has 21 heavy (non-hydrogen) atoms. The summed E-state index contributed by atoms with van der Waals surface area (Å²) < 4.78 is 24.0. The number of unbranched alkanes of at least 4 members (excludes halogenated alkanes) is 2. The molecule has 0 amide bonds. The molecule has 0 bridgehead atoms. The van der Waals surface area contributed by atoms with Crippen molar-refractivity contribution in [1.82, 2.24) is 0 Å². The maximum atomic E-state index is 13.7. The predicted molar refractivity (Wildman–Crippen MR) is 79.6 cm³/mol. The first-order valence-electron chi connectivity index (χ1n) is 7.38. The Hall–Kier alpha value is -1.62. The summed E-state index contributed by atoms with van der Waals surface area (Å²) in [7, 11) is 0. The van der Waals surface area contributed by atoms with E-state index < -0.39 is 0 Å². The summed E-state index contributed by atoms with van der Waals surface area (Å²) >= 11 is 0. The number of halogens is 1. The Kier molecular flexibility index (Phi) is 7.75. The molecule has 0 radical (unpaired) electrons. The minimum Gasteiger partial charge on any atom is -0.493 e. The van der Waals surface area contributed by atoms with Gasteiger partial charge in [-0.1, -0.05) is 6.07 Å². The summed E-state index contributed by atoms with van der Waals surface area (Å²) in [6, 6.07) is 4.40. The Balaban J connectivity index is 2.21. The quantitative estimate of drug-likeness (QED) is 0.561. The fourth-order valence-electron chi connectivity index (χ4n) is 1.94. The fourth-order valence-corrected chi connectivity index (χ4v) is 1.94. The number of benzene rings is 1. The third-order valence-electron chi connectivity index (χ3n) is 3.06. The third-order valence-corrected chi connectivity index (χ3v) is 3.06. The smallest absolute Gasteiger partial charge is 0.305 e. The zero-order valence-electron chi connectivity index (χ0n) is 12.7. The third kappa shape index (κ3) is 6.58. The number of nitrogens with two attached hydrogens (primary N) is 1. The van der Waals surface area contributed by atoms with E-state index in [9.17, 15) is 9.18 Å². The van der Waals surface area contributed by atoms with Gasteiger partial charge in [0.15, 0.2) is 0 Å². The van der Waals surface area contributed by atoms with Crippen molar-refractivity contribution in [2.45, 2.75) is 45.6 Å². The van der Waals surface area contributed by atoms with Gasteiger partial charge in [0, 0.05) is 24.1 Å². The second kappa shape index (κ2) is 9.34. The minimum atomic E-state index is -0.343. The van der Waals surface area contributed by atoms with Crippen LogP contribution in [-0.2, 0) is 9.53 Å². The minimum absolute atomic E-state index is 0.160. The van der Waals surface area contributed by atoms with Crippen molar-refractivity contribution in [3.63, 3.8) is 0 Å². The molecule has 0 spiro atoms. The van der Waals surface area contributed by atoms with Crippen LogP contribution in [0.5, 0.6) is 5.75 Å². The molecule has 1 atom stereocenters. The molecule has 0 aliphatic carbocycles. The summed E-state index contributed by atoms with van der Waals surface area (Å²) in [5.74, 6) is -0.000846. The molecule has 5 heteroatoms. The number of hydrogen-bond acceptors (Lipinski definition) is 4. The van der Waals surface area contributed by atoms with Crippen LogP contribution in [0.3, 0.4) is 0 Å². The largest absolute Gasteiger partial charge is 0.493 e. The van der Waals surface area contributed by atoms with Gasteiger partial charge in [0.1, 0.15) is 11.6 Å². The Bertz CT molecular complexity index is 449. The van der Waals surface area contributed by atoms with E-state index in [0.29, 0.717) is 30.9 Å². The molecular weight excluding hydrogens is 273 g/mol. The average molecular weight is 297 g/mol. The number of esters is 1. The van der Waals surface area contributed by atoms with Crippen LogP contribution in [-0.4, -0.2) is 19.2 Å². The van der Waals surface area contributed by atoms with E-state index in [4.69, 9.17) is 15.2 Å². The van der Waals surface area contributed by atoms with Crippen molar-refractivity contribution in [3.05, 3.63) is 29.6 Å². The van der Waals surface area contributed by atoms with E-state index in [1.54, 1.807) is 26.0 Å². The molecule has 0 unspecified atom stereocenters. The molecule has 0 heterocycles. The summed E-state index contributed by atoms with van der Waals surface area (Å²) in [5, 5.41) is 0. The highest BCUT2D eigenvalue weighted by Gasteiger charge is 2.08. The first kappa shape index (κ1) is 17.4. The molecular formula is C16H24FNO3. The Morgan fingerprint density at radius 2 is 2.10 bits per heavy atom. The maximum Gasteiger partial charge on any atom is 0.305 e. The second-order valence-corrected chi connectivity index (χ2v) is 4.94. The van der Waals surface area contributed by atoms with E-state index in [2.05, 4.69) is 0 Å². The summed E-state index contributed by atoms with van der Waals surface area (Å²) in [6.07, 6.45) is 2.90.